The Kier molecular flexibility index (Phi) is 4.44. The Morgan fingerprint density at radius 3 is 2.30 bits per heavy atom. The van der Waals surface area contributed by atoms with Crippen molar-refractivity contribution in [1.29, 1.82) is 0 Å². The number of hydrogen-bond acceptors (Lipinski definition) is 2. The highest BCUT2D eigenvalue weighted by Crippen LogP contribution is 2.35. The average molecular weight is 283 g/mol. The zero-order valence-electron chi connectivity index (χ0n) is 12.0. The summed E-state index contributed by atoms with van der Waals surface area (Å²) in [7, 11) is 0. The lowest BCUT2D eigenvalue weighted by Gasteiger charge is -2.36. The smallest absolute Gasteiger partial charge is 0.0347 e. The van der Waals surface area contributed by atoms with E-state index in [9.17, 15) is 0 Å². The first-order chi connectivity index (χ1) is 9.81. The Morgan fingerprint density at radius 2 is 1.70 bits per heavy atom. The molecule has 1 saturated carbocycles. The summed E-state index contributed by atoms with van der Waals surface area (Å²) >= 11 is 1.91. The van der Waals surface area contributed by atoms with Crippen molar-refractivity contribution >= 4 is 11.9 Å². The van der Waals surface area contributed by atoms with E-state index < -0.39 is 0 Å². The molecular weight excluding hydrogens is 262 g/mol. The number of rotatable bonds is 5. The van der Waals surface area contributed by atoms with Crippen LogP contribution < -0.4 is 0 Å². The van der Waals surface area contributed by atoms with Gasteiger partial charge in [-0.25, -0.2) is 4.31 Å². The van der Waals surface area contributed by atoms with Crippen molar-refractivity contribution in [3.8, 4) is 0 Å². The lowest BCUT2D eigenvalue weighted by molar-refractivity contribution is 0.231. The highest BCUT2D eigenvalue weighted by molar-refractivity contribution is 7.97. The third kappa shape index (κ3) is 3.44. The molecule has 0 N–H and O–H groups in total. The second-order valence-corrected chi connectivity index (χ2v) is 6.67. The molecular formula is C18H21NS. The fourth-order valence-electron chi connectivity index (χ4n) is 2.40. The molecule has 0 atom stereocenters. The number of hydrogen-bond donors (Lipinski definition) is 0. The zero-order chi connectivity index (χ0) is 13.8. The summed E-state index contributed by atoms with van der Waals surface area (Å²) in [5.74, 6) is 0. The summed E-state index contributed by atoms with van der Waals surface area (Å²) in [6, 6.07) is 20.4. The molecule has 0 aromatic heterocycles. The molecule has 20 heavy (non-hydrogen) atoms. The standard InChI is InChI=1S/C18H21NS/c1-15-10-12-16(13-11-15)14-19(17-6-5-7-17)20-18-8-3-2-4-9-18/h2-4,8-13,17H,5-7,14H2,1H3. The van der Waals surface area contributed by atoms with Crippen LogP contribution in [0.3, 0.4) is 0 Å². The van der Waals surface area contributed by atoms with Crippen LogP contribution in [0.4, 0.5) is 0 Å². The third-order valence-corrected chi connectivity index (χ3v) is 5.05. The van der Waals surface area contributed by atoms with Gasteiger partial charge in [0.1, 0.15) is 0 Å². The second kappa shape index (κ2) is 6.47. The van der Waals surface area contributed by atoms with Gasteiger partial charge in [0.15, 0.2) is 0 Å². The van der Waals surface area contributed by atoms with Gasteiger partial charge >= 0.3 is 0 Å². The van der Waals surface area contributed by atoms with Crippen LogP contribution in [0.2, 0.25) is 0 Å². The second-order valence-electron chi connectivity index (χ2n) is 5.55. The molecule has 0 heterocycles. The van der Waals surface area contributed by atoms with Gasteiger partial charge in [0.2, 0.25) is 0 Å². The van der Waals surface area contributed by atoms with Crippen molar-refractivity contribution in [1.82, 2.24) is 4.31 Å². The molecule has 2 aromatic carbocycles. The number of nitrogens with zero attached hydrogens (tertiary/aromatic N) is 1. The van der Waals surface area contributed by atoms with Gasteiger partial charge in [0.05, 0.1) is 0 Å². The fourth-order valence-corrected chi connectivity index (χ4v) is 3.52. The largest absolute Gasteiger partial charge is 0.239 e. The van der Waals surface area contributed by atoms with E-state index in [0.29, 0.717) is 0 Å². The van der Waals surface area contributed by atoms with Crippen molar-refractivity contribution < 1.29 is 0 Å². The number of aryl methyl sites for hydroxylation is 1. The van der Waals surface area contributed by atoms with Gasteiger partial charge in [-0.1, -0.05) is 54.4 Å². The van der Waals surface area contributed by atoms with Crippen molar-refractivity contribution in [3.05, 3.63) is 65.7 Å². The molecule has 0 unspecified atom stereocenters. The first kappa shape index (κ1) is 13.7. The van der Waals surface area contributed by atoms with Crippen molar-refractivity contribution in [2.45, 2.75) is 43.7 Å². The highest BCUT2D eigenvalue weighted by atomic mass is 32.2. The van der Waals surface area contributed by atoms with E-state index in [0.717, 1.165) is 12.6 Å². The minimum atomic E-state index is 0.738. The molecule has 0 spiro atoms. The van der Waals surface area contributed by atoms with Crippen LogP contribution in [0.25, 0.3) is 0 Å². The van der Waals surface area contributed by atoms with Crippen LogP contribution >= 0.6 is 11.9 Å². The molecule has 1 aliphatic carbocycles. The van der Waals surface area contributed by atoms with Crippen LogP contribution in [-0.4, -0.2) is 10.3 Å². The molecule has 1 nitrogen and oxygen atoms in total. The summed E-state index contributed by atoms with van der Waals surface area (Å²) in [4.78, 5) is 1.34. The van der Waals surface area contributed by atoms with E-state index in [1.165, 1.54) is 35.3 Å². The first-order valence-electron chi connectivity index (χ1n) is 7.36. The Morgan fingerprint density at radius 1 is 1.00 bits per heavy atom. The molecule has 2 heteroatoms. The van der Waals surface area contributed by atoms with E-state index in [-0.39, 0.29) is 0 Å². The Bertz CT molecular complexity index is 531. The van der Waals surface area contributed by atoms with Gasteiger partial charge in [0, 0.05) is 17.5 Å². The Balaban J connectivity index is 1.71. The van der Waals surface area contributed by atoms with E-state index in [4.69, 9.17) is 0 Å². The van der Waals surface area contributed by atoms with Crippen LogP contribution in [0.1, 0.15) is 30.4 Å². The minimum Gasteiger partial charge on any atom is -0.239 e. The van der Waals surface area contributed by atoms with Crippen molar-refractivity contribution in [3.63, 3.8) is 0 Å². The zero-order valence-corrected chi connectivity index (χ0v) is 12.8. The SMILES string of the molecule is Cc1ccc(CN(Sc2ccccc2)C2CCC2)cc1. The quantitative estimate of drug-likeness (QED) is 0.706. The fraction of sp³-hybridized carbons (Fsp3) is 0.333. The van der Waals surface area contributed by atoms with E-state index in [1.54, 1.807) is 0 Å². The van der Waals surface area contributed by atoms with E-state index in [2.05, 4.69) is 65.8 Å². The average Bonchev–Trinajstić information content (AvgIpc) is 2.40. The van der Waals surface area contributed by atoms with Gasteiger partial charge in [-0.05, 0) is 49.4 Å². The molecule has 0 radical (unpaired) electrons. The predicted molar refractivity (Wildman–Crippen MR) is 86.7 cm³/mol. The molecule has 1 fully saturated rings. The molecule has 0 amide bonds. The lowest BCUT2D eigenvalue weighted by atomic mass is 9.93. The maximum absolute atomic E-state index is 2.56. The van der Waals surface area contributed by atoms with Gasteiger partial charge < -0.3 is 0 Å². The molecule has 3 rings (SSSR count). The van der Waals surface area contributed by atoms with Gasteiger partial charge in [-0.15, -0.1) is 0 Å². The summed E-state index contributed by atoms with van der Waals surface area (Å²) in [5.41, 5.74) is 2.74. The topological polar surface area (TPSA) is 3.24 Å². The molecule has 0 bridgehead atoms. The number of benzene rings is 2. The van der Waals surface area contributed by atoms with E-state index in [1.807, 2.05) is 11.9 Å². The molecule has 0 saturated heterocycles. The normalized spacial score (nSPS) is 15.3. The van der Waals surface area contributed by atoms with Gasteiger partial charge in [0.25, 0.3) is 0 Å². The highest BCUT2D eigenvalue weighted by Gasteiger charge is 2.25. The van der Waals surface area contributed by atoms with Gasteiger partial charge in [-0.3, -0.25) is 0 Å². The third-order valence-electron chi connectivity index (χ3n) is 3.91. The molecule has 0 aliphatic heterocycles. The summed E-state index contributed by atoms with van der Waals surface area (Å²) in [5, 5.41) is 0. The summed E-state index contributed by atoms with van der Waals surface area (Å²) in [6.07, 6.45) is 4.06. The molecule has 104 valence electrons. The Labute approximate surface area is 126 Å². The van der Waals surface area contributed by atoms with Crippen LogP contribution in [0.5, 0.6) is 0 Å². The van der Waals surface area contributed by atoms with E-state index >= 15 is 0 Å². The van der Waals surface area contributed by atoms with Crippen LogP contribution in [0, 0.1) is 6.92 Å². The lowest BCUT2D eigenvalue weighted by Crippen LogP contribution is -2.34. The molecule has 1 aliphatic rings. The monoisotopic (exact) mass is 283 g/mol. The predicted octanol–water partition coefficient (Wildman–Crippen LogP) is 5.06. The summed E-state index contributed by atoms with van der Waals surface area (Å²) < 4.78 is 2.56. The van der Waals surface area contributed by atoms with Crippen LogP contribution in [-0.2, 0) is 6.54 Å². The first-order valence-corrected chi connectivity index (χ1v) is 8.14. The van der Waals surface area contributed by atoms with Crippen molar-refractivity contribution in [2.24, 2.45) is 0 Å². The Hall–Kier alpha value is -1.25. The molecule has 2 aromatic rings. The van der Waals surface area contributed by atoms with Crippen LogP contribution in [0.15, 0.2) is 59.5 Å². The summed E-state index contributed by atoms with van der Waals surface area (Å²) in [6.45, 7) is 3.18. The van der Waals surface area contributed by atoms with Crippen molar-refractivity contribution in [2.75, 3.05) is 0 Å². The van der Waals surface area contributed by atoms with Gasteiger partial charge in [-0.2, -0.15) is 0 Å². The maximum atomic E-state index is 2.56. The maximum Gasteiger partial charge on any atom is 0.0347 e. The minimum absolute atomic E-state index is 0.738.